The SMILES string of the molecule is CCS(=O)(=O)Nc1cc(-n2c(C)cc(=O)[nH]c2=O)c(F)cc1C#N. The lowest BCUT2D eigenvalue weighted by Gasteiger charge is -2.14. The predicted molar refractivity (Wildman–Crippen MR) is 85.2 cm³/mol. The van der Waals surface area contributed by atoms with Crippen molar-refractivity contribution in [2.75, 3.05) is 10.5 Å². The van der Waals surface area contributed by atoms with Crippen LogP contribution in [0.1, 0.15) is 18.2 Å². The molecule has 0 aliphatic heterocycles. The van der Waals surface area contributed by atoms with E-state index in [1.165, 1.54) is 13.8 Å². The zero-order valence-electron chi connectivity index (χ0n) is 12.8. The Morgan fingerprint density at radius 1 is 1.33 bits per heavy atom. The van der Waals surface area contributed by atoms with Gasteiger partial charge < -0.3 is 0 Å². The Labute approximate surface area is 136 Å². The summed E-state index contributed by atoms with van der Waals surface area (Å²) in [5.74, 6) is -1.16. The molecular weight excluding hydrogens is 339 g/mol. The number of sulfonamides is 1. The van der Waals surface area contributed by atoms with E-state index in [2.05, 4.69) is 4.72 Å². The Morgan fingerprint density at radius 2 is 2.00 bits per heavy atom. The summed E-state index contributed by atoms with van der Waals surface area (Å²) in [7, 11) is -3.71. The van der Waals surface area contributed by atoms with Crippen LogP contribution >= 0.6 is 0 Å². The van der Waals surface area contributed by atoms with Gasteiger partial charge in [-0.3, -0.25) is 19.1 Å². The van der Waals surface area contributed by atoms with Gasteiger partial charge >= 0.3 is 5.69 Å². The molecule has 10 heteroatoms. The molecule has 0 amide bonds. The molecule has 2 aromatic rings. The van der Waals surface area contributed by atoms with Crippen LogP contribution in [0.4, 0.5) is 10.1 Å². The number of halogens is 1. The molecule has 8 nitrogen and oxygen atoms in total. The fourth-order valence-corrected chi connectivity index (χ4v) is 2.71. The number of rotatable bonds is 4. The minimum atomic E-state index is -3.71. The van der Waals surface area contributed by atoms with Crippen molar-refractivity contribution in [1.29, 1.82) is 5.26 Å². The third-order valence-corrected chi connectivity index (χ3v) is 4.51. The standard InChI is InChI=1S/C14H13FN4O4S/c1-3-24(22,23)18-11-6-12(10(15)5-9(11)7-16)19-8(2)4-13(20)17-14(19)21/h4-6,18H,3H2,1-2H3,(H,17,20,21). The van der Waals surface area contributed by atoms with Gasteiger partial charge in [0.25, 0.3) is 5.56 Å². The molecule has 0 aliphatic carbocycles. The van der Waals surface area contributed by atoms with Gasteiger partial charge in [-0.1, -0.05) is 0 Å². The molecule has 24 heavy (non-hydrogen) atoms. The summed E-state index contributed by atoms with van der Waals surface area (Å²) in [4.78, 5) is 25.2. The van der Waals surface area contributed by atoms with E-state index < -0.39 is 27.1 Å². The highest BCUT2D eigenvalue weighted by molar-refractivity contribution is 7.92. The van der Waals surface area contributed by atoms with Crippen molar-refractivity contribution in [3.8, 4) is 11.8 Å². The zero-order chi connectivity index (χ0) is 18.1. The van der Waals surface area contributed by atoms with Crippen molar-refractivity contribution in [2.45, 2.75) is 13.8 Å². The van der Waals surface area contributed by atoms with E-state index in [9.17, 15) is 22.4 Å². The van der Waals surface area contributed by atoms with Crippen LogP contribution in [0, 0.1) is 24.1 Å². The topological polar surface area (TPSA) is 125 Å². The molecule has 2 N–H and O–H groups in total. The molecule has 0 bridgehead atoms. The van der Waals surface area contributed by atoms with Crippen LogP contribution in [0.3, 0.4) is 0 Å². The van der Waals surface area contributed by atoms with Gasteiger partial charge in [-0.05, 0) is 26.0 Å². The third-order valence-electron chi connectivity index (χ3n) is 3.22. The molecule has 1 aromatic carbocycles. The fourth-order valence-electron chi connectivity index (χ4n) is 2.06. The molecule has 2 rings (SSSR count). The van der Waals surface area contributed by atoms with E-state index in [0.717, 1.165) is 22.8 Å². The lowest BCUT2D eigenvalue weighted by molar-refractivity contribution is 0.601. The molecule has 0 saturated heterocycles. The highest BCUT2D eigenvalue weighted by Crippen LogP contribution is 2.24. The first-order valence-corrected chi connectivity index (χ1v) is 8.41. The zero-order valence-corrected chi connectivity index (χ0v) is 13.6. The molecule has 126 valence electrons. The van der Waals surface area contributed by atoms with Crippen LogP contribution in [-0.2, 0) is 10.0 Å². The van der Waals surface area contributed by atoms with Crippen molar-refractivity contribution < 1.29 is 12.8 Å². The first-order chi connectivity index (χ1) is 11.2. The van der Waals surface area contributed by atoms with Crippen molar-refractivity contribution in [3.05, 3.63) is 56.1 Å². The van der Waals surface area contributed by atoms with Crippen LogP contribution in [0.15, 0.2) is 27.8 Å². The van der Waals surface area contributed by atoms with Gasteiger partial charge in [-0.15, -0.1) is 0 Å². The second-order valence-electron chi connectivity index (χ2n) is 4.88. The Bertz CT molecular complexity index is 1060. The molecule has 1 heterocycles. The van der Waals surface area contributed by atoms with Gasteiger partial charge in [0.05, 0.1) is 22.7 Å². The lowest BCUT2D eigenvalue weighted by Crippen LogP contribution is -2.30. The molecule has 1 aromatic heterocycles. The molecule has 0 saturated carbocycles. The van der Waals surface area contributed by atoms with Gasteiger partial charge in [0, 0.05) is 11.8 Å². The number of aromatic nitrogens is 2. The molecule has 0 aliphatic rings. The maximum absolute atomic E-state index is 14.3. The largest absolute Gasteiger partial charge is 0.333 e. The summed E-state index contributed by atoms with van der Waals surface area (Å²) in [6.07, 6.45) is 0. The molecule has 0 unspecified atom stereocenters. The highest BCUT2D eigenvalue weighted by atomic mass is 32.2. The van der Waals surface area contributed by atoms with Gasteiger partial charge in [0.2, 0.25) is 10.0 Å². The second-order valence-corrected chi connectivity index (χ2v) is 6.89. The minimum absolute atomic E-state index is 0.150. The summed E-state index contributed by atoms with van der Waals surface area (Å²) in [6, 6.07) is 4.63. The number of hydrogen-bond donors (Lipinski definition) is 2. The molecule has 0 spiro atoms. The first kappa shape index (κ1) is 17.4. The number of aromatic amines is 1. The highest BCUT2D eigenvalue weighted by Gasteiger charge is 2.17. The molecular formula is C14H13FN4O4S. The number of H-pyrrole nitrogens is 1. The van der Waals surface area contributed by atoms with Gasteiger partial charge in [0.15, 0.2) is 0 Å². The maximum atomic E-state index is 14.3. The number of nitriles is 1. The maximum Gasteiger partial charge on any atom is 0.333 e. The van der Waals surface area contributed by atoms with Crippen LogP contribution in [0.5, 0.6) is 0 Å². The predicted octanol–water partition coefficient (Wildman–Crippen LogP) is 0.607. The number of nitrogens with zero attached hydrogens (tertiary/aromatic N) is 2. The van der Waals surface area contributed by atoms with Crippen LogP contribution in [0.2, 0.25) is 0 Å². The molecule has 0 atom stereocenters. The minimum Gasteiger partial charge on any atom is -0.282 e. The van der Waals surface area contributed by atoms with E-state index in [4.69, 9.17) is 5.26 Å². The smallest absolute Gasteiger partial charge is 0.282 e. The number of benzene rings is 1. The molecule has 0 radical (unpaired) electrons. The van der Waals surface area contributed by atoms with Crippen LogP contribution in [-0.4, -0.2) is 23.7 Å². The quantitative estimate of drug-likeness (QED) is 0.834. The van der Waals surface area contributed by atoms with Crippen molar-refractivity contribution in [3.63, 3.8) is 0 Å². The number of hydrogen-bond acceptors (Lipinski definition) is 5. The fraction of sp³-hybridized carbons (Fsp3) is 0.214. The van der Waals surface area contributed by atoms with Crippen molar-refractivity contribution in [2.24, 2.45) is 0 Å². The van der Waals surface area contributed by atoms with Crippen LogP contribution in [0.25, 0.3) is 5.69 Å². The Balaban J connectivity index is 2.76. The lowest BCUT2D eigenvalue weighted by atomic mass is 10.1. The van der Waals surface area contributed by atoms with Gasteiger partial charge in [-0.2, -0.15) is 5.26 Å². The number of aryl methyl sites for hydroxylation is 1. The Kier molecular flexibility index (Phi) is 4.57. The summed E-state index contributed by atoms with van der Waals surface area (Å²) in [5.41, 5.74) is -2.06. The van der Waals surface area contributed by atoms with E-state index >= 15 is 0 Å². The summed E-state index contributed by atoms with van der Waals surface area (Å²) >= 11 is 0. The number of anilines is 1. The Morgan fingerprint density at radius 3 is 2.54 bits per heavy atom. The average molecular weight is 352 g/mol. The van der Waals surface area contributed by atoms with E-state index in [1.807, 2.05) is 4.98 Å². The normalized spacial score (nSPS) is 11.1. The van der Waals surface area contributed by atoms with E-state index in [0.29, 0.717) is 0 Å². The van der Waals surface area contributed by atoms with Crippen LogP contribution < -0.4 is 16.0 Å². The molecule has 0 fully saturated rings. The van der Waals surface area contributed by atoms with E-state index in [1.54, 1.807) is 6.07 Å². The third kappa shape index (κ3) is 3.36. The van der Waals surface area contributed by atoms with Crippen molar-refractivity contribution >= 4 is 15.7 Å². The first-order valence-electron chi connectivity index (χ1n) is 6.76. The summed E-state index contributed by atoms with van der Waals surface area (Å²) < 4.78 is 40.8. The summed E-state index contributed by atoms with van der Waals surface area (Å²) in [5, 5.41) is 9.05. The monoisotopic (exact) mass is 352 g/mol. The summed E-state index contributed by atoms with van der Waals surface area (Å²) in [6.45, 7) is 2.82. The Hall–Kier alpha value is -2.93. The second kappa shape index (κ2) is 6.29. The number of nitrogens with one attached hydrogen (secondary N) is 2. The van der Waals surface area contributed by atoms with Crippen molar-refractivity contribution in [1.82, 2.24) is 9.55 Å². The average Bonchev–Trinajstić information content (AvgIpc) is 2.48. The van der Waals surface area contributed by atoms with Gasteiger partial charge in [0.1, 0.15) is 11.9 Å². The van der Waals surface area contributed by atoms with Gasteiger partial charge in [-0.25, -0.2) is 17.6 Å². The van der Waals surface area contributed by atoms with E-state index in [-0.39, 0.29) is 28.4 Å².